The Balaban J connectivity index is 1.81. The number of hydrogen-bond acceptors (Lipinski definition) is 3. The Hall–Kier alpha value is -3.32. The van der Waals surface area contributed by atoms with Crippen molar-refractivity contribution >= 4 is 35.0 Å². The summed E-state index contributed by atoms with van der Waals surface area (Å²) in [6, 6.07) is 17.7. The van der Waals surface area contributed by atoms with Gasteiger partial charge in [0.25, 0.3) is 0 Å². The Labute approximate surface area is 199 Å². The lowest BCUT2D eigenvalue weighted by molar-refractivity contribution is -0.117. The number of para-hydroxylation sites is 1. The maximum Gasteiger partial charge on any atom is 0.322 e. The molecule has 0 spiro atoms. The standard InChI is InChI=1S/C25H30ClN5O2/c1-17(2)30(24(33)27-19-9-7-6-8-10-19)16-23(32)28-22-15-21(25(3,4)5)29-31(22)20-13-11-18(26)12-14-20/h6-15,17H,16H2,1-5H3,(H,27,33)(H,28,32). The van der Waals surface area contributed by atoms with Gasteiger partial charge in [0.15, 0.2) is 0 Å². The Morgan fingerprint density at radius 3 is 2.24 bits per heavy atom. The molecule has 174 valence electrons. The van der Waals surface area contributed by atoms with E-state index in [0.29, 0.717) is 16.5 Å². The van der Waals surface area contributed by atoms with Crippen LogP contribution in [0.25, 0.3) is 5.69 Å². The van der Waals surface area contributed by atoms with Crippen LogP contribution in [0.5, 0.6) is 0 Å². The van der Waals surface area contributed by atoms with Crippen molar-refractivity contribution in [1.82, 2.24) is 14.7 Å². The number of benzene rings is 2. The van der Waals surface area contributed by atoms with Crippen LogP contribution in [0, 0.1) is 0 Å². The zero-order valence-corrected chi connectivity index (χ0v) is 20.3. The number of nitrogens with zero attached hydrogens (tertiary/aromatic N) is 3. The molecule has 0 aliphatic heterocycles. The van der Waals surface area contributed by atoms with Crippen LogP contribution in [-0.2, 0) is 10.2 Å². The van der Waals surface area contributed by atoms with E-state index in [1.807, 2.05) is 50.2 Å². The third-order valence-electron chi connectivity index (χ3n) is 5.04. The molecule has 2 N–H and O–H groups in total. The van der Waals surface area contributed by atoms with Gasteiger partial charge in [-0.1, -0.05) is 50.6 Å². The number of carbonyl (C=O) groups is 2. The second kappa shape index (κ2) is 10.1. The molecule has 1 aromatic heterocycles. The average Bonchev–Trinajstić information content (AvgIpc) is 3.17. The molecule has 0 bridgehead atoms. The van der Waals surface area contributed by atoms with Crippen LogP contribution in [0.15, 0.2) is 60.7 Å². The smallest absolute Gasteiger partial charge is 0.313 e. The van der Waals surface area contributed by atoms with E-state index >= 15 is 0 Å². The van der Waals surface area contributed by atoms with E-state index in [1.54, 1.807) is 28.9 Å². The molecule has 0 saturated carbocycles. The summed E-state index contributed by atoms with van der Waals surface area (Å²) in [4.78, 5) is 27.3. The minimum absolute atomic E-state index is 0.104. The molecule has 0 unspecified atom stereocenters. The molecule has 1 heterocycles. The van der Waals surface area contributed by atoms with Gasteiger partial charge in [-0.2, -0.15) is 5.10 Å². The van der Waals surface area contributed by atoms with E-state index in [9.17, 15) is 9.59 Å². The predicted molar refractivity (Wildman–Crippen MR) is 133 cm³/mol. The number of halogens is 1. The lowest BCUT2D eigenvalue weighted by Crippen LogP contribution is -2.44. The zero-order valence-electron chi connectivity index (χ0n) is 19.6. The van der Waals surface area contributed by atoms with Crippen LogP contribution in [0.3, 0.4) is 0 Å². The van der Waals surface area contributed by atoms with Crippen LogP contribution in [-0.4, -0.2) is 39.2 Å². The van der Waals surface area contributed by atoms with Gasteiger partial charge in [0.2, 0.25) is 5.91 Å². The molecule has 3 aromatic rings. The molecule has 3 rings (SSSR count). The van der Waals surface area contributed by atoms with E-state index in [1.165, 1.54) is 4.90 Å². The predicted octanol–water partition coefficient (Wildman–Crippen LogP) is 5.70. The maximum absolute atomic E-state index is 13.0. The molecule has 0 aliphatic carbocycles. The third kappa shape index (κ3) is 6.35. The number of anilines is 2. The first kappa shape index (κ1) is 24.3. The highest BCUT2D eigenvalue weighted by molar-refractivity contribution is 6.30. The van der Waals surface area contributed by atoms with Gasteiger partial charge in [0, 0.05) is 28.2 Å². The summed E-state index contributed by atoms with van der Waals surface area (Å²) in [5.41, 5.74) is 2.06. The summed E-state index contributed by atoms with van der Waals surface area (Å²) in [6.45, 7) is 9.80. The number of amides is 3. The van der Waals surface area contributed by atoms with Crippen molar-refractivity contribution in [3.05, 3.63) is 71.4 Å². The minimum atomic E-state index is -0.340. The second-order valence-corrected chi connectivity index (χ2v) is 9.56. The molecule has 0 fully saturated rings. The molecule has 0 saturated heterocycles. The lowest BCUT2D eigenvalue weighted by atomic mass is 9.92. The van der Waals surface area contributed by atoms with Crippen LogP contribution >= 0.6 is 11.6 Å². The quantitative estimate of drug-likeness (QED) is 0.487. The Morgan fingerprint density at radius 2 is 1.67 bits per heavy atom. The van der Waals surface area contributed by atoms with Gasteiger partial charge < -0.3 is 15.5 Å². The molecule has 3 amide bonds. The third-order valence-corrected chi connectivity index (χ3v) is 5.29. The molecule has 8 heteroatoms. The fourth-order valence-corrected chi connectivity index (χ4v) is 3.28. The largest absolute Gasteiger partial charge is 0.322 e. The first-order valence-electron chi connectivity index (χ1n) is 10.8. The first-order chi connectivity index (χ1) is 15.5. The molecule has 0 atom stereocenters. The van der Waals surface area contributed by atoms with Gasteiger partial charge in [-0.05, 0) is 50.2 Å². The van der Waals surface area contributed by atoms with E-state index in [-0.39, 0.29) is 29.9 Å². The number of hydrogen-bond donors (Lipinski definition) is 2. The van der Waals surface area contributed by atoms with Gasteiger partial charge >= 0.3 is 6.03 Å². The molecular weight excluding hydrogens is 438 g/mol. The number of rotatable bonds is 6. The highest BCUT2D eigenvalue weighted by Crippen LogP contribution is 2.27. The highest BCUT2D eigenvalue weighted by Gasteiger charge is 2.24. The van der Waals surface area contributed by atoms with Gasteiger partial charge in [0.05, 0.1) is 11.4 Å². The monoisotopic (exact) mass is 467 g/mol. The van der Waals surface area contributed by atoms with Gasteiger partial charge in [-0.15, -0.1) is 0 Å². The summed E-state index contributed by atoms with van der Waals surface area (Å²) in [6.07, 6.45) is 0. The average molecular weight is 468 g/mol. The van der Waals surface area contributed by atoms with Crippen molar-refractivity contribution in [1.29, 1.82) is 0 Å². The Bertz CT molecular complexity index is 1100. The van der Waals surface area contributed by atoms with Crippen molar-refractivity contribution in [2.75, 3.05) is 17.2 Å². The van der Waals surface area contributed by atoms with Crippen molar-refractivity contribution in [2.45, 2.75) is 46.1 Å². The number of nitrogens with one attached hydrogen (secondary N) is 2. The summed E-state index contributed by atoms with van der Waals surface area (Å²) < 4.78 is 1.68. The van der Waals surface area contributed by atoms with E-state index in [0.717, 1.165) is 11.4 Å². The fraction of sp³-hybridized carbons (Fsp3) is 0.320. The lowest BCUT2D eigenvalue weighted by Gasteiger charge is -2.26. The number of aromatic nitrogens is 2. The van der Waals surface area contributed by atoms with Crippen LogP contribution in [0.1, 0.15) is 40.3 Å². The SMILES string of the molecule is CC(C)N(CC(=O)Nc1cc(C(C)(C)C)nn1-c1ccc(Cl)cc1)C(=O)Nc1ccccc1. The summed E-state index contributed by atoms with van der Waals surface area (Å²) >= 11 is 6.03. The van der Waals surface area contributed by atoms with Crippen molar-refractivity contribution in [2.24, 2.45) is 0 Å². The molecule has 7 nitrogen and oxygen atoms in total. The van der Waals surface area contributed by atoms with E-state index in [2.05, 4.69) is 31.4 Å². The first-order valence-corrected chi connectivity index (χ1v) is 11.2. The highest BCUT2D eigenvalue weighted by atomic mass is 35.5. The summed E-state index contributed by atoms with van der Waals surface area (Å²) in [5, 5.41) is 11.1. The Morgan fingerprint density at radius 1 is 1.03 bits per heavy atom. The van der Waals surface area contributed by atoms with Crippen molar-refractivity contribution in [3.8, 4) is 5.69 Å². The van der Waals surface area contributed by atoms with Gasteiger partial charge in [-0.25, -0.2) is 9.48 Å². The van der Waals surface area contributed by atoms with Crippen molar-refractivity contribution in [3.63, 3.8) is 0 Å². The maximum atomic E-state index is 13.0. The molecule has 0 radical (unpaired) electrons. The van der Waals surface area contributed by atoms with Crippen LogP contribution < -0.4 is 10.6 Å². The number of carbonyl (C=O) groups excluding carboxylic acids is 2. The summed E-state index contributed by atoms with van der Waals surface area (Å²) in [7, 11) is 0. The minimum Gasteiger partial charge on any atom is -0.313 e. The van der Waals surface area contributed by atoms with E-state index < -0.39 is 0 Å². The summed E-state index contributed by atoms with van der Waals surface area (Å²) in [5.74, 6) is 0.210. The van der Waals surface area contributed by atoms with Crippen LogP contribution in [0.4, 0.5) is 16.3 Å². The van der Waals surface area contributed by atoms with E-state index in [4.69, 9.17) is 16.7 Å². The second-order valence-electron chi connectivity index (χ2n) is 9.12. The molecule has 2 aromatic carbocycles. The fourth-order valence-electron chi connectivity index (χ4n) is 3.16. The zero-order chi connectivity index (χ0) is 24.2. The molecule has 33 heavy (non-hydrogen) atoms. The van der Waals surface area contributed by atoms with Gasteiger partial charge in [0.1, 0.15) is 12.4 Å². The number of urea groups is 1. The van der Waals surface area contributed by atoms with Crippen LogP contribution in [0.2, 0.25) is 5.02 Å². The Kier molecular flexibility index (Phi) is 7.43. The van der Waals surface area contributed by atoms with Crippen molar-refractivity contribution < 1.29 is 9.59 Å². The normalized spacial score (nSPS) is 11.4. The van der Waals surface area contributed by atoms with Gasteiger partial charge in [-0.3, -0.25) is 4.79 Å². The molecular formula is C25H30ClN5O2. The topological polar surface area (TPSA) is 79.3 Å². The molecule has 0 aliphatic rings.